The van der Waals surface area contributed by atoms with Crippen molar-refractivity contribution in [3.8, 4) is 0 Å². The molecule has 0 amide bonds. The van der Waals surface area contributed by atoms with Gasteiger partial charge < -0.3 is 4.74 Å². The van der Waals surface area contributed by atoms with Crippen molar-refractivity contribution in [2.75, 3.05) is 19.7 Å². The SMILES string of the molecule is FC(F)(F)CCN1CCOC2CC21. The number of hydrogen-bond acceptors (Lipinski definition) is 2. The molecule has 2 unspecified atom stereocenters. The Hall–Kier alpha value is -0.290. The summed E-state index contributed by atoms with van der Waals surface area (Å²) in [5.74, 6) is 0. The van der Waals surface area contributed by atoms with E-state index in [2.05, 4.69) is 0 Å². The van der Waals surface area contributed by atoms with E-state index in [1.807, 2.05) is 4.90 Å². The summed E-state index contributed by atoms with van der Waals surface area (Å²) in [5, 5.41) is 0. The highest BCUT2D eigenvalue weighted by Gasteiger charge is 2.46. The Morgan fingerprint density at radius 3 is 2.85 bits per heavy atom. The van der Waals surface area contributed by atoms with Gasteiger partial charge in [0, 0.05) is 19.1 Å². The summed E-state index contributed by atoms with van der Waals surface area (Å²) in [4.78, 5) is 1.89. The van der Waals surface area contributed by atoms with Gasteiger partial charge in [0.05, 0.1) is 19.1 Å². The molecule has 0 aromatic heterocycles. The van der Waals surface area contributed by atoms with Crippen LogP contribution < -0.4 is 0 Å². The summed E-state index contributed by atoms with van der Waals surface area (Å²) < 4.78 is 41.0. The molecule has 0 aromatic carbocycles. The molecule has 1 aliphatic carbocycles. The fraction of sp³-hybridized carbons (Fsp3) is 1.00. The third kappa shape index (κ3) is 2.34. The minimum Gasteiger partial charge on any atom is -0.375 e. The maximum absolute atomic E-state index is 11.9. The number of rotatable bonds is 2. The highest BCUT2D eigenvalue weighted by atomic mass is 19.4. The van der Waals surface area contributed by atoms with Gasteiger partial charge in [0.25, 0.3) is 0 Å². The summed E-state index contributed by atoms with van der Waals surface area (Å²) in [6.45, 7) is 1.37. The molecule has 1 saturated carbocycles. The molecular weight excluding hydrogens is 183 g/mol. The first-order valence-electron chi connectivity index (χ1n) is 4.49. The number of morpholine rings is 1. The van der Waals surface area contributed by atoms with Crippen LogP contribution in [0.4, 0.5) is 13.2 Å². The minimum absolute atomic E-state index is 0.133. The maximum atomic E-state index is 11.9. The van der Waals surface area contributed by atoms with E-state index in [1.165, 1.54) is 0 Å². The summed E-state index contributed by atoms with van der Waals surface area (Å²) in [6.07, 6.45) is -3.58. The van der Waals surface area contributed by atoms with Crippen LogP contribution in [0.2, 0.25) is 0 Å². The van der Waals surface area contributed by atoms with Gasteiger partial charge in [-0.05, 0) is 6.42 Å². The Kier molecular flexibility index (Phi) is 2.23. The Morgan fingerprint density at radius 2 is 2.15 bits per heavy atom. The number of halogens is 3. The van der Waals surface area contributed by atoms with E-state index < -0.39 is 12.6 Å². The van der Waals surface area contributed by atoms with Crippen LogP contribution in [0.15, 0.2) is 0 Å². The van der Waals surface area contributed by atoms with Gasteiger partial charge >= 0.3 is 6.18 Å². The van der Waals surface area contributed by atoms with Crippen LogP contribution in [0.3, 0.4) is 0 Å². The second kappa shape index (κ2) is 3.13. The zero-order valence-corrected chi connectivity index (χ0v) is 7.18. The monoisotopic (exact) mass is 195 g/mol. The van der Waals surface area contributed by atoms with Gasteiger partial charge in [-0.3, -0.25) is 4.90 Å². The molecule has 0 aromatic rings. The molecule has 2 fully saturated rings. The lowest BCUT2D eigenvalue weighted by Crippen LogP contribution is -2.38. The zero-order chi connectivity index (χ0) is 9.47. The predicted molar refractivity (Wildman–Crippen MR) is 40.4 cm³/mol. The highest BCUT2D eigenvalue weighted by Crippen LogP contribution is 2.35. The van der Waals surface area contributed by atoms with Gasteiger partial charge in [0.15, 0.2) is 0 Å². The van der Waals surface area contributed by atoms with Crippen molar-refractivity contribution < 1.29 is 17.9 Å². The molecule has 0 radical (unpaired) electrons. The molecule has 1 aliphatic heterocycles. The topological polar surface area (TPSA) is 12.5 Å². The molecule has 13 heavy (non-hydrogen) atoms. The standard InChI is InChI=1S/C8H12F3NO/c9-8(10,11)1-2-12-3-4-13-7-5-6(7)12/h6-7H,1-5H2. The van der Waals surface area contributed by atoms with E-state index in [4.69, 9.17) is 4.74 Å². The third-order valence-electron chi connectivity index (χ3n) is 2.56. The van der Waals surface area contributed by atoms with Crippen molar-refractivity contribution in [3.63, 3.8) is 0 Å². The highest BCUT2D eigenvalue weighted by molar-refractivity contribution is 4.99. The van der Waals surface area contributed by atoms with Crippen molar-refractivity contribution >= 4 is 0 Å². The first kappa shape index (κ1) is 9.27. The number of alkyl halides is 3. The molecular formula is C8H12F3NO. The molecule has 0 bridgehead atoms. The van der Waals surface area contributed by atoms with Gasteiger partial charge in [-0.1, -0.05) is 0 Å². The second-order valence-corrected chi connectivity index (χ2v) is 3.61. The van der Waals surface area contributed by atoms with Crippen molar-refractivity contribution in [2.45, 2.75) is 31.2 Å². The van der Waals surface area contributed by atoms with Gasteiger partial charge in [-0.15, -0.1) is 0 Å². The molecule has 1 saturated heterocycles. The molecule has 2 nitrogen and oxygen atoms in total. The van der Waals surface area contributed by atoms with E-state index >= 15 is 0 Å². The fourth-order valence-electron chi connectivity index (χ4n) is 1.76. The molecule has 2 aliphatic rings. The van der Waals surface area contributed by atoms with E-state index in [0.29, 0.717) is 13.2 Å². The molecule has 0 spiro atoms. The first-order valence-corrected chi connectivity index (χ1v) is 4.49. The minimum atomic E-state index is -4.03. The molecule has 2 atom stereocenters. The summed E-state index contributed by atoms with van der Waals surface area (Å²) in [7, 11) is 0. The maximum Gasteiger partial charge on any atom is 0.390 e. The lowest BCUT2D eigenvalue weighted by molar-refractivity contribution is -0.140. The van der Waals surface area contributed by atoms with Crippen molar-refractivity contribution in [2.24, 2.45) is 0 Å². The number of hydrogen-bond donors (Lipinski definition) is 0. The predicted octanol–water partition coefficient (Wildman–Crippen LogP) is 1.41. The zero-order valence-electron chi connectivity index (χ0n) is 7.18. The van der Waals surface area contributed by atoms with Crippen LogP contribution in [-0.2, 0) is 4.74 Å². The smallest absolute Gasteiger partial charge is 0.375 e. The lowest BCUT2D eigenvalue weighted by Gasteiger charge is -2.26. The quantitative estimate of drug-likeness (QED) is 0.660. The Morgan fingerprint density at radius 1 is 1.38 bits per heavy atom. The molecule has 0 N–H and O–H groups in total. The normalized spacial score (nSPS) is 34.4. The van der Waals surface area contributed by atoms with E-state index in [-0.39, 0.29) is 18.7 Å². The second-order valence-electron chi connectivity index (χ2n) is 3.61. The number of fused-ring (bicyclic) bond motifs is 1. The van der Waals surface area contributed by atoms with Crippen LogP contribution in [-0.4, -0.2) is 42.9 Å². The Bertz CT molecular complexity index is 194. The lowest BCUT2D eigenvalue weighted by atomic mass is 10.3. The van der Waals surface area contributed by atoms with Gasteiger partial charge in [0.1, 0.15) is 0 Å². The first-order chi connectivity index (χ1) is 6.06. The fourth-order valence-corrected chi connectivity index (χ4v) is 1.76. The third-order valence-corrected chi connectivity index (χ3v) is 2.56. The van der Waals surface area contributed by atoms with Crippen LogP contribution in [0, 0.1) is 0 Å². The summed E-state index contributed by atoms with van der Waals surface area (Å²) in [6, 6.07) is 0.274. The van der Waals surface area contributed by atoms with Crippen molar-refractivity contribution in [3.05, 3.63) is 0 Å². The largest absolute Gasteiger partial charge is 0.390 e. The van der Waals surface area contributed by atoms with Gasteiger partial charge in [-0.2, -0.15) is 13.2 Å². The average Bonchev–Trinajstić information content (AvgIpc) is 2.77. The number of nitrogens with zero attached hydrogens (tertiary/aromatic N) is 1. The molecule has 2 rings (SSSR count). The summed E-state index contributed by atoms with van der Waals surface area (Å²) in [5.41, 5.74) is 0. The van der Waals surface area contributed by atoms with E-state index in [0.717, 1.165) is 6.42 Å². The Balaban J connectivity index is 1.75. The van der Waals surface area contributed by atoms with Gasteiger partial charge in [-0.25, -0.2) is 0 Å². The molecule has 1 heterocycles. The Labute approximate surface area is 74.7 Å². The molecule has 76 valence electrons. The van der Waals surface area contributed by atoms with Crippen LogP contribution in [0.25, 0.3) is 0 Å². The van der Waals surface area contributed by atoms with E-state index in [1.54, 1.807) is 0 Å². The van der Waals surface area contributed by atoms with Crippen molar-refractivity contribution in [1.82, 2.24) is 4.90 Å². The van der Waals surface area contributed by atoms with Crippen LogP contribution >= 0.6 is 0 Å². The van der Waals surface area contributed by atoms with Crippen LogP contribution in [0.1, 0.15) is 12.8 Å². The van der Waals surface area contributed by atoms with Crippen LogP contribution in [0.5, 0.6) is 0 Å². The number of ether oxygens (including phenoxy) is 1. The van der Waals surface area contributed by atoms with Crippen molar-refractivity contribution in [1.29, 1.82) is 0 Å². The van der Waals surface area contributed by atoms with E-state index in [9.17, 15) is 13.2 Å². The van der Waals surface area contributed by atoms with Gasteiger partial charge in [0.2, 0.25) is 0 Å². The molecule has 5 heteroatoms. The summed E-state index contributed by atoms with van der Waals surface area (Å²) >= 11 is 0. The average molecular weight is 195 g/mol.